The molecule has 0 bridgehead atoms. The maximum absolute atomic E-state index is 12.9. The topological polar surface area (TPSA) is 104 Å². The summed E-state index contributed by atoms with van der Waals surface area (Å²) in [5, 5.41) is 2.14. The molecule has 2 aromatic carbocycles. The monoisotopic (exact) mass is 507 g/mol. The summed E-state index contributed by atoms with van der Waals surface area (Å²) in [6.45, 7) is 1.95. The molecule has 0 aliphatic heterocycles. The number of pyridine rings is 1. The zero-order valence-electron chi connectivity index (χ0n) is 18.4. The summed E-state index contributed by atoms with van der Waals surface area (Å²) in [6.07, 6.45) is -3.26. The SMILES string of the molecule is Cc1cccc(COC[C@@H](NC(=O)c2cccnc2Oc2ccc(C(F)(F)F)cc2Cl)C(N)=O)c1. The van der Waals surface area contributed by atoms with Crippen LogP contribution in [0.5, 0.6) is 11.6 Å². The number of aryl methyl sites for hydroxylation is 1. The van der Waals surface area contributed by atoms with Gasteiger partial charge in [-0.15, -0.1) is 0 Å². The van der Waals surface area contributed by atoms with E-state index in [9.17, 15) is 22.8 Å². The van der Waals surface area contributed by atoms with E-state index in [1.165, 1.54) is 18.3 Å². The number of carbonyl (C=O) groups is 2. The molecule has 1 atom stereocenters. The van der Waals surface area contributed by atoms with Crippen molar-refractivity contribution in [2.24, 2.45) is 5.73 Å². The molecule has 0 unspecified atom stereocenters. The molecule has 3 rings (SSSR count). The van der Waals surface area contributed by atoms with Gasteiger partial charge >= 0.3 is 6.18 Å². The second kappa shape index (κ2) is 11.2. The van der Waals surface area contributed by atoms with E-state index in [1.54, 1.807) is 0 Å². The molecular formula is C24H21ClF3N3O4. The Bertz CT molecular complexity index is 1220. The van der Waals surface area contributed by atoms with Crippen LogP contribution >= 0.6 is 11.6 Å². The highest BCUT2D eigenvalue weighted by Crippen LogP contribution is 2.36. The molecule has 3 N–H and O–H groups in total. The molecule has 3 aromatic rings. The number of alkyl halides is 3. The summed E-state index contributed by atoms with van der Waals surface area (Å²) in [6, 6.07) is 11.7. The van der Waals surface area contributed by atoms with Crippen molar-refractivity contribution in [3.8, 4) is 11.6 Å². The van der Waals surface area contributed by atoms with Crippen LogP contribution in [0.15, 0.2) is 60.8 Å². The molecule has 1 heterocycles. The molecule has 0 saturated heterocycles. The van der Waals surface area contributed by atoms with Crippen LogP contribution in [0.4, 0.5) is 13.2 Å². The number of nitrogens with zero attached hydrogens (tertiary/aromatic N) is 1. The van der Waals surface area contributed by atoms with Gasteiger partial charge in [0.2, 0.25) is 11.8 Å². The zero-order chi connectivity index (χ0) is 25.6. The number of primary amides is 1. The summed E-state index contributed by atoms with van der Waals surface area (Å²) in [7, 11) is 0. The number of ether oxygens (including phenoxy) is 2. The minimum absolute atomic E-state index is 0.0894. The van der Waals surface area contributed by atoms with Crippen LogP contribution in [-0.2, 0) is 22.3 Å². The number of carbonyl (C=O) groups excluding carboxylic acids is 2. The highest BCUT2D eigenvalue weighted by molar-refractivity contribution is 6.32. The van der Waals surface area contributed by atoms with E-state index in [-0.39, 0.29) is 35.4 Å². The first kappa shape index (κ1) is 26.0. The lowest BCUT2D eigenvalue weighted by molar-refractivity contribution is -0.137. The van der Waals surface area contributed by atoms with Gasteiger partial charge in [-0.1, -0.05) is 41.4 Å². The van der Waals surface area contributed by atoms with Gasteiger partial charge in [0.05, 0.1) is 23.8 Å². The fourth-order valence-electron chi connectivity index (χ4n) is 3.04. The second-order valence-electron chi connectivity index (χ2n) is 7.53. The number of rotatable bonds is 9. The van der Waals surface area contributed by atoms with Crippen LogP contribution in [0, 0.1) is 6.92 Å². The third-order valence-electron chi connectivity index (χ3n) is 4.77. The molecule has 0 radical (unpaired) electrons. The Morgan fingerprint density at radius 1 is 1.14 bits per heavy atom. The van der Waals surface area contributed by atoms with Gasteiger partial charge in [-0.3, -0.25) is 9.59 Å². The van der Waals surface area contributed by atoms with E-state index in [2.05, 4.69) is 10.3 Å². The van der Waals surface area contributed by atoms with Gasteiger partial charge in [0.1, 0.15) is 17.4 Å². The lowest BCUT2D eigenvalue weighted by Crippen LogP contribution is -2.47. The van der Waals surface area contributed by atoms with Crippen molar-refractivity contribution in [1.29, 1.82) is 0 Å². The van der Waals surface area contributed by atoms with Crippen LogP contribution in [0.2, 0.25) is 5.02 Å². The number of benzene rings is 2. The Kier molecular flexibility index (Phi) is 8.31. The summed E-state index contributed by atoms with van der Waals surface area (Å²) < 4.78 is 49.7. The van der Waals surface area contributed by atoms with E-state index in [0.29, 0.717) is 6.07 Å². The predicted molar refractivity (Wildman–Crippen MR) is 122 cm³/mol. The van der Waals surface area contributed by atoms with Gasteiger partial charge in [-0.05, 0) is 42.8 Å². The summed E-state index contributed by atoms with van der Waals surface area (Å²) in [5.41, 5.74) is 6.29. The standard InChI is InChI=1S/C24H21ClF3N3O4/c1-14-4-2-5-15(10-14)12-34-13-19(21(29)32)31-22(33)17-6-3-9-30-23(17)35-20-8-7-16(11-18(20)25)24(26,27)28/h2-11,19H,12-13H2,1H3,(H2,29,32)(H,31,33)/t19-/m1/s1. The van der Waals surface area contributed by atoms with Crippen LogP contribution in [-0.4, -0.2) is 29.4 Å². The Labute approximate surface area is 204 Å². The van der Waals surface area contributed by atoms with Crippen LogP contribution in [0.1, 0.15) is 27.0 Å². The highest BCUT2D eigenvalue weighted by atomic mass is 35.5. The van der Waals surface area contributed by atoms with Crippen molar-refractivity contribution < 1.29 is 32.2 Å². The van der Waals surface area contributed by atoms with Crippen molar-refractivity contribution in [2.45, 2.75) is 25.7 Å². The Morgan fingerprint density at radius 2 is 1.91 bits per heavy atom. The summed E-state index contributed by atoms with van der Waals surface area (Å²) in [5.74, 6) is -1.94. The molecule has 0 fully saturated rings. The number of nitrogens with one attached hydrogen (secondary N) is 1. The number of aromatic nitrogens is 1. The highest BCUT2D eigenvalue weighted by Gasteiger charge is 2.31. The first-order valence-electron chi connectivity index (χ1n) is 10.3. The largest absolute Gasteiger partial charge is 0.437 e. The smallest absolute Gasteiger partial charge is 0.416 e. The van der Waals surface area contributed by atoms with Crippen molar-refractivity contribution in [2.75, 3.05) is 6.61 Å². The van der Waals surface area contributed by atoms with Crippen molar-refractivity contribution in [1.82, 2.24) is 10.3 Å². The van der Waals surface area contributed by atoms with Crippen molar-refractivity contribution in [3.63, 3.8) is 0 Å². The number of halogens is 4. The number of nitrogens with two attached hydrogens (primary N) is 1. The molecule has 0 saturated carbocycles. The van der Waals surface area contributed by atoms with Gasteiger partial charge in [-0.25, -0.2) is 4.98 Å². The molecule has 11 heteroatoms. The average molecular weight is 508 g/mol. The molecule has 35 heavy (non-hydrogen) atoms. The second-order valence-corrected chi connectivity index (χ2v) is 7.94. The van der Waals surface area contributed by atoms with E-state index in [4.69, 9.17) is 26.8 Å². The average Bonchev–Trinajstić information content (AvgIpc) is 2.79. The quantitative estimate of drug-likeness (QED) is 0.438. The fraction of sp³-hybridized carbons (Fsp3) is 0.208. The first-order valence-corrected chi connectivity index (χ1v) is 10.7. The minimum Gasteiger partial charge on any atom is -0.437 e. The van der Waals surface area contributed by atoms with Gasteiger partial charge in [0.15, 0.2) is 0 Å². The van der Waals surface area contributed by atoms with Gasteiger partial charge in [-0.2, -0.15) is 13.2 Å². The van der Waals surface area contributed by atoms with E-state index in [1.807, 2.05) is 31.2 Å². The molecule has 184 valence electrons. The molecule has 1 aromatic heterocycles. The zero-order valence-corrected chi connectivity index (χ0v) is 19.2. The van der Waals surface area contributed by atoms with Crippen LogP contribution in [0.3, 0.4) is 0 Å². The molecule has 7 nitrogen and oxygen atoms in total. The summed E-state index contributed by atoms with van der Waals surface area (Å²) >= 11 is 5.93. The molecule has 0 aliphatic rings. The molecule has 0 spiro atoms. The maximum Gasteiger partial charge on any atom is 0.416 e. The van der Waals surface area contributed by atoms with Gasteiger partial charge in [0.25, 0.3) is 5.91 Å². The summed E-state index contributed by atoms with van der Waals surface area (Å²) in [4.78, 5) is 28.7. The molecule has 0 aliphatic carbocycles. The Morgan fingerprint density at radius 3 is 2.57 bits per heavy atom. The Balaban J connectivity index is 1.70. The van der Waals surface area contributed by atoms with Crippen LogP contribution in [0.25, 0.3) is 0 Å². The van der Waals surface area contributed by atoms with Crippen molar-refractivity contribution >= 4 is 23.4 Å². The van der Waals surface area contributed by atoms with Gasteiger partial charge in [0, 0.05) is 6.20 Å². The predicted octanol–water partition coefficient (Wildman–Crippen LogP) is 4.66. The van der Waals surface area contributed by atoms with Crippen LogP contribution < -0.4 is 15.8 Å². The third kappa shape index (κ3) is 7.17. The number of hydrogen-bond acceptors (Lipinski definition) is 5. The number of hydrogen-bond donors (Lipinski definition) is 2. The fourth-order valence-corrected chi connectivity index (χ4v) is 3.26. The normalized spacial score (nSPS) is 12.1. The third-order valence-corrected chi connectivity index (χ3v) is 5.06. The van der Waals surface area contributed by atoms with Crippen molar-refractivity contribution in [3.05, 3.63) is 88.1 Å². The van der Waals surface area contributed by atoms with E-state index < -0.39 is 29.6 Å². The first-order chi connectivity index (χ1) is 16.5. The lowest BCUT2D eigenvalue weighted by Gasteiger charge is -2.17. The van der Waals surface area contributed by atoms with Gasteiger partial charge < -0.3 is 20.5 Å². The van der Waals surface area contributed by atoms with E-state index in [0.717, 1.165) is 23.3 Å². The lowest BCUT2D eigenvalue weighted by atomic mass is 10.1. The number of amides is 2. The molecular weight excluding hydrogens is 487 g/mol. The van der Waals surface area contributed by atoms with E-state index >= 15 is 0 Å². The maximum atomic E-state index is 12.9. The molecule has 2 amide bonds. The minimum atomic E-state index is -4.58. The Hall–Kier alpha value is -3.63.